The van der Waals surface area contributed by atoms with Crippen molar-refractivity contribution in [2.45, 2.75) is 26.8 Å². The molecule has 0 aliphatic carbocycles. The molecule has 0 saturated heterocycles. The summed E-state index contributed by atoms with van der Waals surface area (Å²) in [6.45, 7) is 4.66. The summed E-state index contributed by atoms with van der Waals surface area (Å²) >= 11 is 0. The Morgan fingerprint density at radius 3 is 2.50 bits per heavy atom. The molecule has 0 saturated carbocycles. The molecule has 1 aromatic carbocycles. The van der Waals surface area contributed by atoms with Crippen LogP contribution in [0.4, 0.5) is 0 Å². The monoisotopic (exact) mass is 191 g/mol. The van der Waals surface area contributed by atoms with Crippen molar-refractivity contribution in [2.24, 2.45) is 5.92 Å². The molecule has 1 aromatic rings. The van der Waals surface area contributed by atoms with Gasteiger partial charge in [0.15, 0.2) is 12.8 Å². The average Bonchev–Trinajstić information content (AvgIpc) is 2.16. The highest BCUT2D eigenvalue weighted by atomic mass is 16.5. The van der Waals surface area contributed by atoms with Crippen LogP contribution in [-0.2, 0) is 6.54 Å². The van der Waals surface area contributed by atoms with E-state index in [1.54, 1.807) is 6.21 Å². The third kappa shape index (κ3) is 4.08. The van der Waals surface area contributed by atoms with E-state index in [1.165, 1.54) is 0 Å². The molecule has 0 amide bonds. The fourth-order valence-electron chi connectivity index (χ4n) is 1.16. The lowest BCUT2D eigenvalue weighted by molar-refractivity contribution is -0.471. The molecule has 0 bridgehead atoms. The molecule has 0 fully saturated rings. The molecule has 0 heterocycles. The van der Waals surface area contributed by atoms with Gasteiger partial charge in [-0.25, -0.2) is 4.74 Å². The van der Waals surface area contributed by atoms with Crippen LogP contribution in [0.25, 0.3) is 0 Å². The van der Waals surface area contributed by atoms with Crippen LogP contribution in [-0.4, -0.2) is 11.0 Å². The van der Waals surface area contributed by atoms with E-state index in [-0.39, 0.29) is 0 Å². The van der Waals surface area contributed by atoms with Crippen LogP contribution in [0.15, 0.2) is 30.3 Å². The first-order valence-corrected chi connectivity index (χ1v) is 4.99. The maximum Gasteiger partial charge on any atom is 0.178 e. The number of hydrogen-bond donors (Lipinski definition) is 0. The molecular formula is C12H17NO. The Kier molecular flexibility index (Phi) is 4.17. The summed E-state index contributed by atoms with van der Waals surface area (Å²) in [5.74, 6) is 0.544. The van der Waals surface area contributed by atoms with E-state index in [0.29, 0.717) is 12.5 Å². The zero-order chi connectivity index (χ0) is 10.4. The Morgan fingerprint density at radius 2 is 1.93 bits per heavy atom. The first-order chi connectivity index (χ1) is 6.68. The Balaban J connectivity index is 2.49. The Bertz CT molecular complexity index is 290. The van der Waals surface area contributed by atoms with Gasteiger partial charge in [0.1, 0.15) is 0 Å². The fraction of sp³-hybridized carbons (Fsp3) is 0.417. The zero-order valence-electron chi connectivity index (χ0n) is 8.81. The normalized spacial score (nSPS) is 12.1. The first kappa shape index (κ1) is 10.8. The van der Waals surface area contributed by atoms with Gasteiger partial charge in [0.05, 0.1) is 0 Å². The molecule has 0 aliphatic rings. The highest BCUT2D eigenvalue weighted by Gasteiger charge is 1.98. The highest BCUT2D eigenvalue weighted by Crippen LogP contribution is 2.00. The number of nitrogens with zero attached hydrogens (tertiary/aromatic N) is 1. The van der Waals surface area contributed by atoms with Crippen molar-refractivity contribution >= 4 is 6.21 Å². The summed E-state index contributed by atoms with van der Waals surface area (Å²) in [6, 6.07) is 9.79. The summed E-state index contributed by atoms with van der Waals surface area (Å²) in [5, 5.41) is 11.4. The molecule has 0 N–H and O–H groups in total. The third-order valence-corrected chi connectivity index (χ3v) is 1.96. The van der Waals surface area contributed by atoms with E-state index in [9.17, 15) is 5.21 Å². The summed E-state index contributed by atoms with van der Waals surface area (Å²) in [5.41, 5.74) is 1.06. The van der Waals surface area contributed by atoms with Gasteiger partial charge >= 0.3 is 0 Å². The van der Waals surface area contributed by atoms with Crippen LogP contribution in [0.2, 0.25) is 0 Å². The molecule has 0 spiro atoms. The molecule has 0 aliphatic heterocycles. The molecule has 0 aromatic heterocycles. The summed E-state index contributed by atoms with van der Waals surface area (Å²) in [4.78, 5) is 0. The molecule has 2 heteroatoms. The van der Waals surface area contributed by atoms with Gasteiger partial charge in [-0.2, -0.15) is 0 Å². The van der Waals surface area contributed by atoms with Crippen molar-refractivity contribution in [2.75, 3.05) is 0 Å². The summed E-state index contributed by atoms with van der Waals surface area (Å²) in [7, 11) is 0. The number of hydrogen-bond acceptors (Lipinski definition) is 1. The molecule has 0 atom stereocenters. The van der Waals surface area contributed by atoms with Crippen LogP contribution in [0, 0.1) is 11.1 Å². The lowest BCUT2D eigenvalue weighted by Gasteiger charge is -2.04. The van der Waals surface area contributed by atoms with Gasteiger partial charge in [0, 0.05) is 12.0 Å². The molecule has 76 valence electrons. The zero-order valence-corrected chi connectivity index (χ0v) is 8.81. The minimum Gasteiger partial charge on any atom is -0.624 e. The molecule has 0 unspecified atom stereocenters. The topological polar surface area (TPSA) is 26.1 Å². The van der Waals surface area contributed by atoms with Gasteiger partial charge in [0.2, 0.25) is 0 Å². The smallest absolute Gasteiger partial charge is 0.178 e. The number of rotatable bonds is 4. The summed E-state index contributed by atoms with van der Waals surface area (Å²) in [6.07, 6.45) is 2.56. The lowest BCUT2D eigenvalue weighted by Crippen LogP contribution is -2.06. The number of benzene rings is 1. The van der Waals surface area contributed by atoms with Gasteiger partial charge in [-0.3, -0.25) is 0 Å². The van der Waals surface area contributed by atoms with Crippen molar-refractivity contribution in [3.63, 3.8) is 0 Å². The second-order valence-electron chi connectivity index (χ2n) is 3.87. The van der Waals surface area contributed by atoms with Gasteiger partial charge in [-0.15, -0.1) is 0 Å². The van der Waals surface area contributed by atoms with Crippen LogP contribution >= 0.6 is 0 Å². The van der Waals surface area contributed by atoms with Gasteiger partial charge in [0.25, 0.3) is 0 Å². The predicted molar refractivity (Wildman–Crippen MR) is 59.3 cm³/mol. The van der Waals surface area contributed by atoms with Crippen molar-refractivity contribution in [3.8, 4) is 0 Å². The van der Waals surface area contributed by atoms with Crippen molar-refractivity contribution in [3.05, 3.63) is 41.1 Å². The van der Waals surface area contributed by atoms with Crippen LogP contribution < -0.4 is 0 Å². The Hall–Kier alpha value is -1.31. The average molecular weight is 191 g/mol. The lowest BCUT2D eigenvalue weighted by atomic mass is 10.1. The van der Waals surface area contributed by atoms with E-state index < -0.39 is 0 Å². The molecule has 14 heavy (non-hydrogen) atoms. The minimum atomic E-state index is 0.452. The highest BCUT2D eigenvalue weighted by molar-refractivity contribution is 5.51. The summed E-state index contributed by atoms with van der Waals surface area (Å²) < 4.78 is 1.01. The molecule has 2 nitrogen and oxygen atoms in total. The van der Waals surface area contributed by atoms with E-state index in [4.69, 9.17) is 0 Å². The van der Waals surface area contributed by atoms with E-state index >= 15 is 0 Å². The first-order valence-electron chi connectivity index (χ1n) is 4.99. The van der Waals surface area contributed by atoms with Crippen molar-refractivity contribution in [1.82, 2.24) is 0 Å². The van der Waals surface area contributed by atoms with Crippen LogP contribution in [0.1, 0.15) is 25.8 Å². The maximum absolute atomic E-state index is 11.4. The van der Waals surface area contributed by atoms with Gasteiger partial charge in [-0.1, -0.05) is 44.2 Å². The molecule has 1 rings (SSSR count). The SMILES string of the molecule is CC(C)CC=[N+]([O-])Cc1ccccc1. The molecule has 0 radical (unpaired) electrons. The quantitative estimate of drug-likeness (QED) is 0.311. The fourth-order valence-corrected chi connectivity index (χ4v) is 1.16. The van der Waals surface area contributed by atoms with Crippen molar-refractivity contribution < 1.29 is 4.74 Å². The second-order valence-corrected chi connectivity index (χ2v) is 3.87. The largest absolute Gasteiger partial charge is 0.624 e. The van der Waals surface area contributed by atoms with Crippen LogP contribution in [0.5, 0.6) is 0 Å². The van der Waals surface area contributed by atoms with Gasteiger partial charge < -0.3 is 5.21 Å². The third-order valence-electron chi connectivity index (χ3n) is 1.96. The Morgan fingerprint density at radius 1 is 1.29 bits per heavy atom. The number of hydroxylamine groups is 1. The van der Waals surface area contributed by atoms with E-state index in [1.807, 2.05) is 30.3 Å². The van der Waals surface area contributed by atoms with Crippen molar-refractivity contribution in [1.29, 1.82) is 0 Å². The maximum atomic E-state index is 11.4. The standard InChI is InChI=1S/C12H17NO/c1-11(2)8-9-13(14)10-12-6-4-3-5-7-12/h3-7,9,11H,8,10H2,1-2H3. The van der Waals surface area contributed by atoms with Crippen LogP contribution in [0.3, 0.4) is 0 Å². The molecular weight excluding hydrogens is 174 g/mol. The predicted octanol–water partition coefficient (Wildman–Crippen LogP) is 2.81. The second kappa shape index (κ2) is 5.43. The van der Waals surface area contributed by atoms with E-state index in [2.05, 4.69) is 13.8 Å². The minimum absolute atomic E-state index is 0.452. The van der Waals surface area contributed by atoms with Gasteiger partial charge in [-0.05, 0) is 5.92 Å². The van der Waals surface area contributed by atoms with E-state index in [0.717, 1.165) is 16.7 Å². The Labute approximate surface area is 85.5 Å².